The predicted molar refractivity (Wildman–Crippen MR) is 40.3 cm³/mol. The lowest BCUT2D eigenvalue weighted by Gasteiger charge is -2.20. The molecule has 0 aromatic rings. The molecule has 0 amide bonds. The van der Waals surface area contributed by atoms with Crippen LogP contribution in [0.15, 0.2) is 0 Å². The first-order valence-corrected chi connectivity index (χ1v) is 4.08. The summed E-state index contributed by atoms with van der Waals surface area (Å²) in [7, 11) is 0. The lowest BCUT2D eigenvalue weighted by molar-refractivity contribution is 0.426. The molecule has 1 radical (unpaired) electrons. The van der Waals surface area contributed by atoms with Gasteiger partial charge in [0.1, 0.15) is 6.67 Å². The molecule has 10 heavy (non-hydrogen) atoms. The topological polar surface area (TPSA) is 12.0 Å². The van der Waals surface area contributed by atoms with Gasteiger partial charge >= 0.3 is 0 Å². The van der Waals surface area contributed by atoms with Gasteiger partial charge in [-0.25, -0.2) is 4.39 Å². The second kappa shape index (κ2) is 4.67. The highest BCUT2D eigenvalue weighted by molar-refractivity contribution is 4.89. The summed E-state index contributed by atoms with van der Waals surface area (Å²) in [6.45, 7) is 0.263. The molecule has 59 valence electrons. The van der Waals surface area contributed by atoms with Gasteiger partial charge in [0.25, 0.3) is 0 Å². The Morgan fingerprint density at radius 2 is 1.90 bits per heavy atom. The first kappa shape index (κ1) is 7.99. The van der Waals surface area contributed by atoms with Crippen molar-refractivity contribution in [2.45, 2.75) is 32.1 Å². The van der Waals surface area contributed by atoms with Crippen LogP contribution in [-0.4, -0.2) is 13.2 Å². The molecule has 1 fully saturated rings. The Morgan fingerprint density at radius 1 is 1.20 bits per heavy atom. The molecule has 2 heteroatoms. The van der Waals surface area contributed by atoms with Crippen LogP contribution in [0.5, 0.6) is 0 Å². The maximum atomic E-state index is 11.7. The van der Waals surface area contributed by atoms with E-state index in [1.807, 2.05) is 0 Å². The van der Waals surface area contributed by atoms with Crippen LogP contribution in [0.2, 0.25) is 0 Å². The van der Waals surface area contributed by atoms with Gasteiger partial charge in [-0.1, -0.05) is 19.3 Å². The number of hydrogen-bond acceptors (Lipinski definition) is 1. The van der Waals surface area contributed by atoms with Crippen molar-refractivity contribution in [2.24, 2.45) is 0 Å². The Hall–Kier alpha value is -0.110. The quantitative estimate of drug-likeness (QED) is 0.639. The van der Waals surface area contributed by atoms with Gasteiger partial charge in [-0.3, -0.25) is 0 Å². The summed E-state index contributed by atoms with van der Waals surface area (Å²) in [5, 5.41) is 3.11. The molecule has 0 atom stereocenters. The highest BCUT2D eigenvalue weighted by Crippen LogP contribution is 2.22. The summed E-state index contributed by atoms with van der Waals surface area (Å²) in [5.74, 6) is 0. The average Bonchev–Trinajstić information content (AvgIpc) is 2.03. The SMILES string of the molecule is FCCN[C]1CCCCC1. The molecule has 0 saturated heterocycles. The zero-order valence-corrected chi connectivity index (χ0v) is 6.33. The van der Waals surface area contributed by atoms with E-state index in [-0.39, 0.29) is 6.67 Å². The summed E-state index contributed by atoms with van der Waals surface area (Å²) < 4.78 is 11.7. The molecular weight excluding hydrogens is 129 g/mol. The molecular formula is C8H15FN. The van der Waals surface area contributed by atoms with Crippen molar-refractivity contribution in [3.8, 4) is 0 Å². The fourth-order valence-corrected chi connectivity index (χ4v) is 1.38. The second-order valence-corrected chi connectivity index (χ2v) is 2.78. The first-order chi connectivity index (χ1) is 4.93. The number of nitrogens with one attached hydrogen (secondary N) is 1. The minimum absolute atomic E-state index is 0.247. The average molecular weight is 144 g/mol. The van der Waals surface area contributed by atoms with Crippen molar-refractivity contribution in [3.63, 3.8) is 0 Å². The Balaban J connectivity index is 2.02. The Morgan fingerprint density at radius 3 is 2.50 bits per heavy atom. The van der Waals surface area contributed by atoms with Crippen LogP contribution in [0.1, 0.15) is 32.1 Å². The standard InChI is InChI=1S/C8H15FN/c9-6-7-10-8-4-2-1-3-5-8/h10H,1-7H2. The van der Waals surface area contributed by atoms with Crippen LogP contribution in [0.3, 0.4) is 0 Å². The molecule has 0 bridgehead atoms. The van der Waals surface area contributed by atoms with Gasteiger partial charge in [0.15, 0.2) is 0 Å². The normalized spacial score (nSPS) is 21.3. The van der Waals surface area contributed by atoms with Gasteiger partial charge in [0.05, 0.1) is 0 Å². The zero-order chi connectivity index (χ0) is 7.23. The number of hydrogen-bond donors (Lipinski definition) is 1. The van der Waals surface area contributed by atoms with E-state index in [1.54, 1.807) is 0 Å². The molecule has 1 nitrogen and oxygen atoms in total. The highest BCUT2D eigenvalue weighted by Gasteiger charge is 2.12. The van der Waals surface area contributed by atoms with Crippen molar-refractivity contribution >= 4 is 0 Å². The van der Waals surface area contributed by atoms with Crippen molar-refractivity contribution in [1.29, 1.82) is 0 Å². The number of halogens is 1. The van der Waals surface area contributed by atoms with Gasteiger partial charge < -0.3 is 5.32 Å². The van der Waals surface area contributed by atoms with Gasteiger partial charge in [-0.05, 0) is 12.8 Å². The lowest BCUT2D eigenvalue weighted by atomic mass is 9.96. The summed E-state index contributed by atoms with van der Waals surface area (Å²) in [4.78, 5) is 0. The number of alkyl halides is 1. The van der Waals surface area contributed by atoms with E-state index in [4.69, 9.17) is 0 Å². The summed E-state index contributed by atoms with van der Waals surface area (Å²) in [6, 6.07) is 1.36. The third-order valence-electron chi connectivity index (χ3n) is 1.93. The zero-order valence-electron chi connectivity index (χ0n) is 6.33. The van der Waals surface area contributed by atoms with Gasteiger partial charge in [0.2, 0.25) is 0 Å². The lowest BCUT2D eigenvalue weighted by Crippen LogP contribution is -2.25. The molecule has 1 aliphatic carbocycles. The van der Waals surface area contributed by atoms with Crippen LogP contribution in [0, 0.1) is 6.04 Å². The smallest absolute Gasteiger partial charge is 0.102 e. The predicted octanol–water partition coefficient (Wildman–Crippen LogP) is 2.04. The van der Waals surface area contributed by atoms with Crippen molar-refractivity contribution in [2.75, 3.05) is 13.2 Å². The van der Waals surface area contributed by atoms with E-state index in [1.165, 1.54) is 38.1 Å². The van der Waals surface area contributed by atoms with Crippen molar-refractivity contribution in [3.05, 3.63) is 6.04 Å². The summed E-state index contributed by atoms with van der Waals surface area (Å²) in [5.41, 5.74) is 0. The van der Waals surface area contributed by atoms with E-state index in [0.717, 1.165) is 0 Å². The van der Waals surface area contributed by atoms with Crippen LogP contribution < -0.4 is 5.32 Å². The fourth-order valence-electron chi connectivity index (χ4n) is 1.38. The molecule has 0 aromatic heterocycles. The molecule has 0 spiro atoms. The van der Waals surface area contributed by atoms with Crippen LogP contribution in [-0.2, 0) is 0 Å². The third-order valence-corrected chi connectivity index (χ3v) is 1.93. The van der Waals surface area contributed by atoms with Crippen molar-refractivity contribution in [1.82, 2.24) is 5.32 Å². The van der Waals surface area contributed by atoms with E-state index in [0.29, 0.717) is 6.54 Å². The van der Waals surface area contributed by atoms with E-state index in [9.17, 15) is 4.39 Å². The first-order valence-electron chi connectivity index (χ1n) is 4.08. The fraction of sp³-hybridized carbons (Fsp3) is 0.875. The Labute approximate surface area is 62.0 Å². The molecule has 0 unspecified atom stereocenters. The minimum atomic E-state index is -0.247. The van der Waals surface area contributed by atoms with Crippen LogP contribution in [0.4, 0.5) is 4.39 Å². The van der Waals surface area contributed by atoms with E-state index >= 15 is 0 Å². The second-order valence-electron chi connectivity index (χ2n) is 2.78. The Kier molecular flexibility index (Phi) is 3.73. The highest BCUT2D eigenvalue weighted by atomic mass is 19.1. The maximum absolute atomic E-state index is 11.7. The molecule has 1 N–H and O–H groups in total. The van der Waals surface area contributed by atoms with Crippen LogP contribution >= 0.6 is 0 Å². The molecule has 0 heterocycles. The summed E-state index contributed by atoms with van der Waals surface area (Å²) >= 11 is 0. The maximum Gasteiger partial charge on any atom is 0.102 e. The van der Waals surface area contributed by atoms with Gasteiger partial charge in [0, 0.05) is 12.6 Å². The summed E-state index contributed by atoms with van der Waals surface area (Å²) in [6.07, 6.45) is 6.25. The largest absolute Gasteiger partial charge is 0.307 e. The van der Waals surface area contributed by atoms with Gasteiger partial charge in [-0.15, -0.1) is 0 Å². The van der Waals surface area contributed by atoms with E-state index in [2.05, 4.69) is 5.32 Å². The van der Waals surface area contributed by atoms with E-state index < -0.39 is 0 Å². The van der Waals surface area contributed by atoms with Crippen LogP contribution in [0.25, 0.3) is 0 Å². The molecule has 0 aromatic carbocycles. The van der Waals surface area contributed by atoms with Crippen molar-refractivity contribution < 1.29 is 4.39 Å². The minimum Gasteiger partial charge on any atom is -0.307 e. The monoisotopic (exact) mass is 144 g/mol. The van der Waals surface area contributed by atoms with Gasteiger partial charge in [-0.2, -0.15) is 0 Å². The number of rotatable bonds is 3. The Bertz CT molecular complexity index is 79.3. The molecule has 1 rings (SSSR count). The molecule has 1 aliphatic rings. The molecule has 1 saturated carbocycles. The third kappa shape index (κ3) is 2.65. The molecule has 0 aliphatic heterocycles.